The fourth-order valence-electron chi connectivity index (χ4n) is 1.15. The molecule has 1 aromatic carbocycles. The summed E-state index contributed by atoms with van der Waals surface area (Å²) in [6.45, 7) is 2.57. The molecule has 13 heavy (non-hydrogen) atoms. The van der Waals surface area contributed by atoms with Gasteiger partial charge in [-0.3, -0.25) is 0 Å². The van der Waals surface area contributed by atoms with E-state index in [1.54, 1.807) is 6.07 Å². The lowest BCUT2D eigenvalue weighted by atomic mass is 10.2. The van der Waals surface area contributed by atoms with E-state index in [0.29, 0.717) is 18.7 Å². The standard InChI is InChI=1S/C10H14FNO/c1-8-4-2-5-9(11)10(8)12-6-3-7-13/h2,4-5,12-13H,3,6-7H2,1H3. The predicted octanol–water partition coefficient (Wildman–Crippen LogP) is 1.93. The number of hydrogen-bond acceptors (Lipinski definition) is 2. The van der Waals surface area contributed by atoms with E-state index in [4.69, 9.17) is 5.11 Å². The van der Waals surface area contributed by atoms with Crippen molar-refractivity contribution in [1.29, 1.82) is 0 Å². The summed E-state index contributed by atoms with van der Waals surface area (Å²) in [6.07, 6.45) is 0.633. The molecule has 0 aliphatic carbocycles. The van der Waals surface area contributed by atoms with E-state index in [1.807, 2.05) is 13.0 Å². The van der Waals surface area contributed by atoms with Gasteiger partial charge in [-0.25, -0.2) is 4.39 Å². The van der Waals surface area contributed by atoms with Crippen LogP contribution in [0.15, 0.2) is 18.2 Å². The molecule has 0 atom stereocenters. The molecule has 0 aromatic heterocycles. The van der Waals surface area contributed by atoms with Gasteiger partial charge in [-0.2, -0.15) is 0 Å². The van der Waals surface area contributed by atoms with E-state index in [-0.39, 0.29) is 12.4 Å². The molecule has 2 N–H and O–H groups in total. The summed E-state index contributed by atoms with van der Waals surface area (Å²) in [5.74, 6) is -0.238. The molecule has 0 aliphatic heterocycles. The molecule has 2 nitrogen and oxygen atoms in total. The van der Waals surface area contributed by atoms with Crippen LogP contribution in [-0.2, 0) is 0 Å². The molecule has 0 heterocycles. The maximum Gasteiger partial charge on any atom is 0.146 e. The minimum absolute atomic E-state index is 0.125. The average molecular weight is 183 g/mol. The van der Waals surface area contributed by atoms with Gasteiger partial charge in [0.15, 0.2) is 0 Å². The first-order valence-electron chi connectivity index (χ1n) is 4.35. The molecule has 3 heteroatoms. The molecule has 1 aromatic rings. The van der Waals surface area contributed by atoms with Crippen molar-refractivity contribution in [2.45, 2.75) is 13.3 Å². The van der Waals surface area contributed by atoms with E-state index < -0.39 is 0 Å². The molecule has 0 saturated carbocycles. The van der Waals surface area contributed by atoms with E-state index >= 15 is 0 Å². The van der Waals surface area contributed by atoms with E-state index in [0.717, 1.165) is 5.56 Å². The summed E-state index contributed by atoms with van der Waals surface area (Å²) < 4.78 is 13.2. The third-order valence-electron chi connectivity index (χ3n) is 1.86. The Hall–Kier alpha value is -1.09. The van der Waals surface area contributed by atoms with Crippen LogP contribution in [0.25, 0.3) is 0 Å². The third-order valence-corrected chi connectivity index (χ3v) is 1.86. The topological polar surface area (TPSA) is 32.3 Å². The summed E-state index contributed by atoms with van der Waals surface area (Å²) in [5.41, 5.74) is 1.42. The molecule has 0 fully saturated rings. The molecule has 0 unspecified atom stereocenters. The summed E-state index contributed by atoms with van der Waals surface area (Å²) in [5, 5.41) is 11.5. The summed E-state index contributed by atoms with van der Waals surface area (Å²) in [6, 6.07) is 4.96. The largest absolute Gasteiger partial charge is 0.396 e. The maximum atomic E-state index is 13.2. The minimum Gasteiger partial charge on any atom is -0.396 e. The van der Waals surface area contributed by atoms with Crippen LogP contribution in [0.2, 0.25) is 0 Å². The number of benzene rings is 1. The SMILES string of the molecule is Cc1cccc(F)c1NCCCO. The molecular weight excluding hydrogens is 169 g/mol. The van der Waals surface area contributed by atoms with Gasteiger partial charge < -0.3 is 10.4 Å². The van der Waals surface area contributed by atoms with Crippen LogP contribution in [0, 0.1) is 12.7 Å². The normalized spacial score (nSPS) is 10.1. The van der Waals surface area contributed by atoms with Crippen LogP contribution in [0.4, 0.5) is 10.1 Å². The summed E-state index contributed by atoms with van der Waals surface area (Å²) >= 11 is 0. The fraction of sp³-hybridized carbons (Fsp3) is 0.400. The van der Waals surface area contributed by atoms with Crippen LogP contribution in [-0.4, -0.2) is 18.3 Å². The highest BCUT2D eigenvalue weighted by Gasteiger charge is 2.02. The van der Waals surface area contributed by atoms with Crippen molar-refractivity contribution in [3.8, 4) is 0 Å². The number of para-hydroxylation sites is 1. The zero-order valence-corrected chi connectivity index (χ0v) is 7.68. The lowest BCUT2D eigenvalue weighted by molar-refractivity contribution is 0.292. The number of hydrogen-bond donors (Lipinski definition) is 2. The van der Waals surface area contributed by atoms with Crippen molar-refractivity contribution < 1.29 is 9.50 Å². The van der Waals surface area contributed by atoms with Gasteiger partial charge in [0.25, 0.3) is 0 Å². The van der Waals surface area contributed by atoms with Gasteiger partial charge in [0.05, 0.1) is 5.69 Å². The second-order valence-corrected chi connectivity index (χ2v) is 2.94. The Morgan fingerprint density at radius 3 is 2.85 bits per heavy atom. The molecule has 0 saturated heterocycles. The van der Waals surface area contributed by atoms with Crippen LogP contribution < -0.4 is 5.32 Å². The van der Waals surface area contributed by atoms with Gasteiger partial charge in [-0.15, -0.1) is 0 Å². The van der Waals surface area contributed by atoms with Gasteiger partial charge in [0.1, 0.15) is 5.82 Å². The number of aliphatic hydroxyl groups excluding tert-OH is 1. The minimum atomic E-state index is -0.238. The van der Waals surface area contributed by atoms with Gasteiger partial charge in [-0.05, 0) is 25.0 Å². The number of aliphatic hydroxyl groups is 1. The highest BCUT2D eigenvalue weighted by molar-refractivity contribution is 5.51. The lowest BCUT2D eigenvalue weighted by Gasteiger charge is -2.09. The second kappa shape index (κ2) is 4.82. The van der Waals surface area contributed by atoms with Gasteiger partial charge >= 0.3 is 0 Å². The summed E-state index contributed by atoms with van der Waals surface area (Å²) in [4.78, 5) is 0. The Labute approximate surface area is 77.4 Å². The molecule has 0 bridgehead atoms. The Kier molecular flexibility index (Phi) is 3.71. The van der Waals surface area contributed by atoms with Gasteiger partial charge in [0.2, 0.25) is 0 Å². The molecule has 72 valence electrons. The average Bonchev–Trinajstić information content (AvgIpc) is 2.10. The Morgan fingerprint density at radius 1 is 1.46 bits per heavy atom. The molecule has 1 rings (SSSR count). The smallest absolute Gasteiger partial charge is 0.146 e. The van der Waals surface area contributed by atoms with Crippen molar-refractivity contribution in [2.24, 2.45) is 0 Å². The van der Waals surface area contributed by atoms with E-state index in [2.05, 4.69) is 5.32 Å². The number of halogens is 1. The van der Waals surface area contributed by atoms with Crippen LogP contribution in [0.1, 0.15) is 12.0 Å². The maximum absolute atomic E-state index is 13.2. The molecule has 0 aliphatic rings. The van der Waals surface area contributed by atoms with Crippen LogP contribution >= 0.6 is 0 Å². The zero-order valence-electron chi connectivity index (χ0n) is 7.68. The number of rotatable bonds is 4. The quantitative estimate of drug-likeness (QED) is 0.699. The summed E-state index contributed by atoms with van der Waals surface area (Å²) in [7, 11) is 0. The predicted molar refractivity (Wildman–Crippen MR) is 51.3 cm³/mol. The molecule has 0 amide bonds. The monoisotopic (exact) mass is 183 g/mol. The van der Waals surface area contributed by atoms with E-state index in [9.17, 15) is 4.39 Å². The molecular formula is C10H14FNO. The second-order valence-electron chi connectivity index (χ2n) is 2.94. The Morgan fingerprint density at radius 2 is 2.23 bits per heavy atom. The van der Waals surface area contributed by atoms with Crippen molar-refractivity contribution in [3.63, 3.8) is 0 Å². The van der Waals surface area contributed by atoms with E-state index in [1.165, 1.54) is 6.07 Å². The van der Waals surface area contributed by atoms with Crippen LogP contribution in [0.5, 0.6) is 0 Å². The number of anilines is 1. The number of nitrogens with one attached hydrogen (secondary N) is 1. The van der Waals surface area contributed by atoms with Crippen LogP contribution in [0.3, 0.4) is 0 Å². The van der Waals surface area contributed by atoms with Gasteiger partial charge in [0, 0.05) is 13.2 Å². The molecule has 0 radical (unpaired) electrons. The lowest BCUT2D eigenvalue weighted by Crippen LogP contribution is -2.06. The highest BCUT2D eigenvalue weighted by Crippen LogP contribution is 2.18. The Bertz CT molecular complexity index is 255. The molecule has 0 spiro atoms. The first-order valence-corrected chi connectivity index (χ1v) is 4.35. The third kappa shape index (κ3) is 2.70. The highest BCUT2D eigenvalue weighted by atomic mass is 19.1. The first-order chi connectivity index (χ1) is 6.25. The van der Waals surface area contributed by atoms with Crippen molar-refractivity contribution in [3.05, 3.63) is 29.6 Å². The van der Waals surface area contributed by atoms with Crippen molar-refractivity contribution >= 4 is 5.69 Å². The number of aryl methyl sites for hydroxylation is 1. The van der Waals surface area contributed by atoms with Crippen molar-refractivity contribution in [1.82, 2.24) is 0 Å². The zero-order chi connectivity index (χ0) is 9.68. The fourth-order valence-corrected chi connectivity index (χ4v) is 1.15. The van der Waals surface area contributed by atoms with Gasteiger partial charge in [-0.1, -0.05) is 12.1 Å². The Balaban J connectivity index is 2.64. The van der Waals surface area contributed by atoms with Crippen molar-refractivity contribution in [2.75, 3.05) is 18.5 Å². The first kappa shape index (κ1) is 9.99.